The third-order valence-electron chi connectivity index (χ3n) is 6.19. The van der Waals surface area contributed by atoms with E-state index in [1.165, 1.54) is 5.56 Å². The lowest BCUT2D eigenvalue weighted by Crippen LogP contribution is -2.56. The maximum atomic E-state index is 12.4. The maximum absolute atomic E-state index is 12.4. The second kappa shape index (κ2) is 7.02. The van der Waals surface area contributed by atoms with Crippen molar-refractivity contribution in [1.29, 1.82) is 5.26 Å². The van der Waals surface area contributed by atoms with E-state index in [-0.39, 0.29) is 12.0 Å². The highest BCUT2D eigenvalue weighted by atomic mass is 16.5. The van der Waals surface area contributed by atoms with Gasteiger partial charge >= 0.3 is 0 Å². The van der Waals surface area contributed by atoms with E-state index in [2.05, 4.69) is 30.0 Å². The third-order valence-corrected chi connectivity index (χ3v) is 6.19. The zero-order chi connectivity index (χ0) is 18.1. The highest BCUT2D eigenvalue weighted by Gasteiger charge is 2.58. The number of carbonyl (C=O) groups is 1. The van der Waals surface area contributed by atoms with E-state index in [1.807, 2.05) is 17.0 Å². The van der Waals surface area contributed by atoms with Crippen LogP contribution in [0.3, 0.4) is 0 Å². The number of amides is 1. The highest BCUT2D eigenvalue weighted by Crippen LogP contribution is 2.46. The molecule has 1 spiro atoms. The van der Waals surface area contributed by atoms with Crippen LogP contribution in [0.2, 0.25) is 0 Å². The Morgan fingerprint density at radius 2 is 1.92 bits per heavy atom. The predicted molar refractivity (Wildman–Crippen MR) is 98.3 cm³/mol. The van der Waals surface area contributed by atoms with E-state index in [4.69, 9.17) is 10.00 Å². The Kier molecular flexibility index (Phi) is 4.73. The summed E-state index contributed by atoms with van der Waals surface area (Å²) in [7, 11) is 0. The molecule has 2 saturated heterocycles. The van der Waals surface area contributed by atoms with Gasteiger partial charge in [0.15, 0.2) is 0 Å². The Bertz CT molecular complexity index is 697. The summed E-state index contributed by atoms with van der Waals surface area (Å²) in [5.74, 6) is 0.765. The van der Waals surface area contributed by atoms with Crippen LogP contribution in [0.25, 0.3) is 0 Å². The molecule has 2 heterocycles. The van der Waals surface area contributed by atoms with Crippen LogP contribution < -0.4 is 0 Å². The van der Waals surface area contributed by atoms with E-state index >= 15 is 0 Å². The quantitative estimate of drug-likeness (QED) is 0.835. The van der Waals surface area contributed by atoms with Gasteiger partial charge in [-0.25, -0.2) is 0 Å². The number of benzene rings is 1. The molecule has 138 valence electrons. The van der Waals surface area contributed by atoms with Crippen molar-refractivity contribution in [2.45, 2.75) is 50.9 Å². The number of likely N-dealkylation sites (N-methyl/N-ethyl adjacent to an activating group) is 1. The second-order valence-electron chi connectivity index (χ2n) is 7.92. The fraction of sp³-hybridized carbons (Fsp3) is 0.619. The summed E-state index contributed by atoms with van der Waals surface area (Å²) in [6, 6.07) is 10.1. The van der Waals surface area contributed by atoms with Crippen molar-refractivity contribution >= 4 is 5.91 Å². The van der Waals surface area contributed by atoms with Crippen molar-refractivity contribution in [2.75, 3.05) is 26.2 Å². The number of likely N-dealkylation sites (tertiary alicyclic amines) is 1. The molecular weight excluding hydrogens is 326 g/mol. The molecule has 1 aromatic rings. The predicted octanol–water partition coefficient (Wildman–Crippen LogP) is 2.55. The van der Waals surface area contributed by atoms with Gasteiger partial charge < -0.3 is 9.64 Å². The van der Waals surface area contributed by atoms with Gasteiger partial charge in [-0.1, -0.05) is 12.1 Å². The van der Waals surface area contributed by atoms with Crippen LogP contribution in [0.1, 0.15) is 43.7 Å². The van der Waals surface area contributed by atoms with Crippen molar-refractivity contribution in [3.05, 3.63) is 35.4 Å². The number of ether oxygens (including phenoxy) is 1. The smallest absolute Gasteiger partial charge is 0.254 e. The van der Waals surface area contributed by atoms with Crippen LogP contribution >= 0.6 is 0 Å². The first kappa shape index (κ1) is 17.5. The van der Waals surface area contributed by atoms with E-state index in [0.29, 0.717) is 11.5 Å². The number of nitriles is 1. The molecule has 5 heteroatoms. The monoisotopic (exact) mass is 353 g/mol. The van der Waals surface area contributed by atoms with Crippen LogP contribution in [0.4, 0.5) is 0 Å². The van der Waals surface area contributed by atoms with Gasteiger partial charge in [-0.05, 0) is 69.3 Å². The summed E-state index contributed by atoms with van der Waals surface area (Å²) < 4.78 is 6.31. The van der Waals surface area contributed by atoms with Gasteiger partial charge in [0.25, 0.3) is 5.91 Å². The van der Waals surface area contributed by atoms with E-state index in [1.54, 1.807) is 0 Å². The minimum atomic E-state index is -0.460. The van der Waals surface area contributed by atoms with Crippen molar-refractivity contribution < 1.29 is 9.53 Å². The molecule has 0 bridgehead atoms. The molecule has 1 unspecified atom stereocenters. The molecule has 3 aliphatic rings. The standard InChI is InChI=1S/C21H27N3O2/c1-2-24-15-19(26-21(9-10-21)20(24)25)18-7-11-23(12-8-18)14-17-5-3-16(13-22)4-6-17/h3-6,18-19H,2,7-12,14-15H2,1H3. The van der Waals surface area contributed by atoms with Crippen LogP contribution in [-0.4, -0.2) is 53.6 Å². The first-order valence-corrected chi connectivity index (χ1v) is 9.82. The summed E-state index contributed by atoms with van der Waals surface area (Å²) >= 11 is 0. The van der Waals surface area contributed by atoms with Gasteiger partial charge in [-0.15, -0.1) is 0 Å². The molecule has 1 atom stereocenters. The molecule has 0 radical (unpaired) electrons. The average Bonchev–Trinajstić information content (AvgIpc) is 3.45. The average molecular weight is 353 g/mol. The lowest BCUT2D eigenvalue weighted by molar-refractivity contribution is -0.174. The zero-order valence-electron chi connectivity index (χ0n) is 15.5. The molecule has 4 rings (SSSR count). The molecule has 3 fully saturated rings. The number of piperidine rings is 1. The maximum Gasteiger partial charge on any atom is 0.254 e. The highest BCUT2D eigenvalue weighted by molar-refractivity contribution is 5.88. The number of morpholine rings is 1. The van der Waals surface area contributed by atoms with Crippen molar-refractivity contribution in [2.24, 2.45) is 5.92 Å². The van der Waals surface area contributed by atoms with Crippen LogP contribution in [0.15, 0.2) is 24.3 Å². The molecule has 1 aliphatic carbocycles. The van der Waals surface area contributed by atoms with Gasteiger partial charge in [0.2, 0.25) is 0 Å². The van der Waals surface area contributed by atoms with Crippen molar-refractivity contribution in [1.82, 2.24) is 9.80 Å². The Labute approximate surface area is 155 Å². The van der Waals surface area contributed by atoms with E-state index in [0.717, 1.165) is 58.4 Å². The first-order chi connectivity index (χ1) is 12.6. The van der Waals surface area contributed by atoms with Gasteiger partial charge in [0.1, 0.15) is 5.60 Å². The first-order valence-electron chi connectivity index (χ1n) is 9.82. The minimum absolute atomic E-state index is 0.201. The van der Waals surface area contributed by atoms with Crippen molar-refractivity contribution in [3.8, 4) is 6.07 Å². The van der Waals surface area contributed by atoms with E-state index in [9.17, 15) is 4.79 Å². The molecule has 1 saturated carbocycles. The Balaban J connectivity index is 1.32. The van der Waals surface area contributed by atoms with Crippen LogP contribution in [0, 0.1) is 17.2 Å². The Hall–Kier alpha value is -1.90. The van der Waals surface area contributed by atoms with Crippen LogP contribution in [-0.2, 0) is 16.1 Å². The Morgan fingerprint density at radius 3 is 2.50 bits per heavy atom. The normalized spacial score (nSPS) is 26.1. The zero-order valence-corrected chi connectivity index (χ0v) is 15.5. The fourth-order valence-corrected chi connectivity index (χ4v) is 4.35. The van der Waals surface area contributed by atoms with E-state index < -0.39 is 5.60 Å². The van der Waals surface area contributed by atoms with Gasteiger partial charge in [0.05, 0.1) is 17.7 Å². The lowest BCUT2D eigenvalue weighted by Gasteiger charge is -2.43. The molecule has 2 aliphatic heterocycles. The molecule has 5 nitrogen and oxygen atoms in total. The summed E-state index contributed by atoms with van der Waals surface area (Å²) in [5.41, 5.74) is 1.51. The van der Waals surface area contributed by atoms with Gasteiger partial charge in [0, 0.05) is 19.6 Å². The molecule has 26 heavy (non-hydrogen) atoms. The third kappa shape index (κ3) is 3.36. The summed E-state index contributed by atoms with van der Waals surface area (Å²) in [6.45, 7) is 6.69. The Morgan fingerprint density at radius 1 is 1.23 bits per heavy atom. The number of nitrogens with zero attached hydrogens (tertiary/aromatic N) is 3. The number of rotatable bonds is 4. The summed E-state index contributed by atoms with van der Waals surface area (Å²) in [6.07, 6.45) is 4.25. The summed E-state index contributed by atoms with van der Waals surface area (Å²) in [5, 5.41) is 8.90. The second-order valence-corrected chi connectivity index (χ2v) is 7.92. The minimum Gasteiger partial charge on any atom is -0.360 e. The largest absolute Gasteiger partial charge is 0.360 e. The molecule has 0 N–H and O–H groups in total. The van der Waals surface area contributed by atoms with Crippen LogP contribution in [0.5, 0.6) is 0 Å². The lowest BCUT2D eigenvalue weighted by atomic mass is 9.89. The SMILES string of the molecule is CCN1CC(C2CCN(Cc3ccc(C#N)cc3)CC2)OC2(CC2)C1=O. The number of carbonyl (C=O) groups excluding carboxylic acids is 1. The van der Waals surface area contributed by atoms with Gasteiger partial charge in [-0.3, -0.25) is 9.69 Å². The number of hydrogen-bond acceptors (Lipinski definition) is 4. The molecule has 1 amide bonds. The van der Waals surface area contributed by atoms with Crippen molar-refractivity contribution in [3.63, 3.8) is 0 Å². The molecular formula is C21H27N3O2. The fourth-order valence-electron chi connectivity index (χ4n) is 4.35. The molecule has 1 aromatic carbocycles. The topological polar surface area (TPSA) is 56.6 Å². The van der Waals surface area contributed by atoms with Gasteiger partial charge in [-0.2, -0.15) is 5.26 Å². The molecule has 0 aromatic heterocycles. The number of hydrogen-bond donors (Lipinski definition) is 0. The summed E-state index contributed by atoms with van der Waals surface area (Å²) in [4.78, 5) is 16.9.